The monoisotopic (exact) mass is 402 g/mol. The fourth-order valence-corrected chi connectivity index (χ4v) is 4.44. The molecule has 3 rings (SSSR count). The first kappa shape index (κ1) is 20.2. The molecular weight excluding hydrogens is 375 g/mol. The number of nitrogens with zero attached hydrogens (tertiary/aromatic N) is 2. The summed E-state index contributed by atoms with van der Waals surface area (Å²) in [5.41, 5.74) is 6.19. The van der Waals surface area contributed by atoms with Crippen molar-refractivity contribution in [2.24, 2.45) is 4.99 Å². The molecular formula is C23H28Cl2N2. The number of hydrogen-bond donors (Lipinski definition) is 0. The van der Waals surface area contributed by atoms with Crippen molar-refractivity contribution in [1.82, 2.24) is 0 Å². The summed E-state index contributed by atoms with van der Waals surface area (Å²) >= 11 is 12.1. The number of rotatable bonds is 4. The van der Waals surface area contributed by atoms with Gasteiger partial charge in [-0.15, -0.1) is 0 Å². The second-order valence-electron chi connectivity index (χ2n) is 8.19. The van der Waals surface area contributed by atoms with E-state index >= 15 is 0 Å². The van der Waals surface area contributed by atoms with Gasteiger partial charge < -0.3 is 4.90 Å². The van der Waals surface area contributed by atoms with Crippen LogP contribution in [0.15, 0.2) is 35.3 Å². The molecule has 1 heterocycles. The van der Waals surface area contributed by atoms with Crippen molar-refractivity contribution in [3.8, 4) is 0 Å². The molecule has 1 aliphatic heterocycles. The Morgan fingerprint density at radius 3 is 2.59 bits per heavy atom. The van der Waals surface area contributed by atoms with Crippen LogP contribution >= 0.6 is 23.2 Å². The molecule has 0 radical (unpaired) electrons. The van der Waals surface area contributed by atoms with E-state index in [1.807, 2.05) is 12.3 Å². The van der Waals surface area contributed by atoms with Crippen LogP contribution in [0.1, 0.15) is 63.1 Å². The lowest BCUT2D eigenvalue weighted by atomic mass is 9.79. The standard InChI is InChI=1S/C23H28Cl2N2/c1-6-9-27-22-10-15(2)17(11-19(22)16(3)13-23(27,4)5)14-26-18-7-8-20(24)21(25)12-18/h7-8,10-12,14,16H,6,9,13H2,1-5H3. The first-order valence-corrected chi connectivity index (χ1v) is 10.4. The van der Waals surface area contributed by atoms with Crippen LogP contribution in [-0.4, -0.2) is 18.3 Å². The molecule has 1 atom stereocenters. The van der Waals surface area contributed by atoms with Gasteiger partial charge in [-0.05, 0) is 86.6 Å². The number of benzene rings is 2. The van der Waals surface area contributed by atoms with Crippen LogP contribution in [0.3, 0.4) is 0 Å². The summed E-state index contributed by atoms with van der Waals surface area (Å²) in [6.07, 6.45) is 4.25. The zero-order chi connectivity index (χ0) is 19.8. The maximum atomic E-state index is 6.10. The molecule has 0 N–H and O–H groups in total. The van der Waals surface area contributed by atoms with E-state index in [0.717, 1.165) is 30.6 Å². The largest absolute Gasteiger partial charge is 0.366 e. The lowest BCUT2D eigenvalue weighted by Crippen LogP contribution is -2.48. The summed E-state index contributed by atoms with van der Waals surface area (Å²) in [6, 6.07) is 10.1. The number of aryl methyl sites for hydroxylation is 1. The van der Waals surface area contributed by atoms with Gasteiger partial charge in [-0.25, -0.2) is 0 Å². The minimum Gasteiger partial charge on any atom is -0.366 e. The smallest absolute Gasteiger partial charge is 0.0645 e. The quantitative estimate of drug-likeness (QED) is 0.481. The Labute approximate surface area is 173 Å². The molecule has 4 heteroatoms. The average Bonchev–Trinajstić information content (AvgIpc) is 2.59. The first-order valence-electron chi connectivity index (χ1n) is 9.64. The highest BCUT2D eigenvalue weighted by atomic mass is 35.5. The summed E-state index contributed by atoms with van der Waals surface area (Å²) in [5.74, 6) is 0.529. The van der Waals surface area contributed by atoms with Crippen LogP contribution in [0.5, 0.6) is 0 Å². The zero-order valence-electron chi connectivity index (χ0n) is 16.8. The van der Waals surface area contributed by atoms with E-state index in [0.29, 0.717) is 16.0 Å². The SMILES string of the molecule is CCCN1c2cc(C)c(C=Nc3ccc(Cl)c(Cl)c3)cc2C(C)CC1(C)C. The highest BCUT2D eigenvalue weighted by Gasteiger charge is 2.36. The maximum Gasteiger partial charge on any atom is 0.0645 e. The zero-order valence-corrected chi connectivity index (χ0v) is 18.3. The van der Waals surface area contributed by atoms with E-state index in [2.05, 4.69) is 56.6 Å². The Hall–Kier alpha value is -1.51. The van der Waals surface area contributed by atoms with Crippen molar-refractivity contribution in [2.45, 2.75) is 58.9 Å². The summed E-state index contributed by atoms with van der Waals surface area (Å²) in [5, 5.41) is 1.08. The van der Waals surface area contributed by atoms with Crippen molar-refractivity contribution >= 4 is 40.8 Å². The molecule has 2 aromatic rings. The molecule has 0 bridgehead atoms. The van der Waals surface area contributed by atoms with Crippen molar-refractivity contribution in [3.63, 3.8) is 0 Å². The molecule has 0 saturated heterocycles. The number of fused-ring (bicyclic) bond motifs is 1. The van der Waals surface area contributed by atoms with Gasteiger partial charge in [0.1, 0.15) is 0 Å². The van der Waals surface area contributed by atoms with Gasteiger partial charge >= 0.3 is 0 Å². The molecule has 0 aromatic heterocycles. The summed E-state index contributed by atoms with van der Waals surface area (Å²) in [6.45, 7) is 12.5. The second-order valence-corrected chi connectivity index (χ2v) is 9.01. The van der Waals surface area contributed by atoms with Crippen LogP contribution in [0.4, 0.5) is 11.4 Å². The minimum absolute atomic E-state index is 0.185. The van der Waals surface area contributed by atoms with E-state index in [4.69, 9.17) is 23.2 Å². The van der Waals surface area contributed by atoms with Crippen molar-refractivity contribution in [2.75, 3.05) is 11.4 Å². The van der Waals surface area contributed by atoms with Gasteiger partial charge in [0.15, 0.2) is 0 Å². The van der Waals surface area contributed by atoms with Crippen LogP contribution < -0.4 is 4.90 Å². The molecule has 1 unspecified atom stereocenters. The van der Waals surface area contributed by atoms with Crippen LogP contribution in [0.2, 0.25) is 10.0 Å². The second kappa shape index (κ2) is 7.85. The molecule has 2 nitrogen and oxygen atoms in total. The van der Waals surface area contributed by atoms with E-state index in [-0.39, 0.29) is 5.54 Å². The molecule has 1 aliphatic rings. The van der Waals surface area contributed by atoms with Gasteiger partial charge in [0.05, 0.1) is 15.7 Å². The van der Waals surface area contributed by atoms with Gasteiger partial charge in [0, 0.05) is 24.0 Å². The molecule has 144 valence electrons. The lowest BCUT2D eigenvalue weighted by molar-refractivity contribution is 0.376. The Morgan fingerprint density at radius 2 is 1.93 bits per heavy atom. The molecule has 0 spiro atoms. The summed E-state index contributed by atoms with van der Waals surface area (Å²) in [7, 11) is 0. The van der Waals surface area contributed by atoms with E-state index in [1.165, 1.54) is 16.8 Å². The Kier molecular flexibility index (Phi) is 5.88. The maximum absolute atomic E-state index is 6.10. The Bertz CT molecular complexity index is 871. The fraction of sp³-hybridized carbons (Fsp3) is 0.435. The molecule has 0 aliphatic carbocycles. The molecule has 27 heavy (non-hydrogen) atoms. The van der Waals surface area contributed by atoms with Gasteiger partial charge in [-0.1, -0.05) is 37.0 Å². The van der Waals surface area contributed by atoms with E-state index < -0.39 is 0 Å². The minimum atomic E-state index is 0.185. The third kappa shape index (κ3) is 4.17. The third-order valence-corrected chi connectivity index (χ3v) is 6.22. The van der Waals surface area contributed by atoms with E-state index in [1.54, 1.807) is 12.1 Å². The molecule has 0 amide bonds. The van der Waals surface area contributed by atoms with Crippen LogP contribution in [0.25, 0.3) is 0 Å². The Morgan fingerprint density at radius 1 is 1.19 bits per heavy atom. The van der Waals surface area contributed by atoms with Gasteiger partial charge in [-0.2, -0.15) is 0 Å². The van der Waals surface area contributed by atoms with Gasteiger partial charge in [0.25, 0.3) is 0 Å². The fourth-order valence-electron chi connectivity index (χ4n) is 4.15. The molecule has 0 fully saturated rings. The Balaban J connectivity index is 1.99. The topological polar surface area (TPSA) is 15.6 Å². The van der Waals surface area contributed by atoms with Gasteiger partial charge in [0.2, 0.25) is 0 Å². The van der Waals surface area contributed by atoms with Crippen molar-refractivity contribution in [1.29, 1.82) is 0 Å². The normalized spacial score (nSPS) is 18.8. The number of hydrogen-bond acceptors (Lipinski definition) is 2. The summed E-state index contributed by atoms with van der Waals surface area (Å²) in [4.78, 5) is 7.19. The molecule has 0 saturated carbocycles. The van der Waals surface area contributed by atoms with Crippen LogP contribution in [0, 0.1) is 6.92 Å². The predicted octanol–water partition coefficient (Wildman–Crippen LogP) is 7.55. The number of anilines is 1. The van der Waals surface area contributed by atoms with Crippen molar-refractivity contribution in [3.05, 3.63) is 57.1 Å². The average molecular weight is 403 g/mol. The summed E-state index contributed by atoms with van der Waals surface area (Å²) < 4.78 is 0. The highest BCUT2D eigenvalue weighted by Crippen LogP contribution is 2.44. The van der Waals surface area contributed by atoms with E-state index in [9.17, 15) is 0 Å². The van der Waals surface area contributed by atoms with Crippen LogP contribution in [-0.2, 0) is 0 Å². The third-order valence-electron chi connectivity index (χ3n) is 5.48. The first-order chi connectivity index (χ1) is 12.7. The highest BCUT2D eigenvalue weighted by molar-refractivity contribution is 6.42. The lowest BCUT2D eigenvalue weighted by Gasteiger charge is -2.48. The predicted molar refractivity (Wildman–Crippen MR) is 120 cm³/mol. The number of halogens is 2. The number of aliphatic imine (C=N–C) groups is 1. The van der Waals surface area contributed by atoms with Crippen molar-refractivity contribution < 1.29 is 0 Å². The van der Waals surface area contributed by atoms with Gasteiger partial charge in [-0.3, -0.25) is 4.99 Å². The molecule has 2 aromatic carbocycles.